The lowest BCUT2D eigenvalue weighted by Crippen LogP contribution is -2.39. The number of rotatable bonds is 6. The molecule has 0 aliphatic carbocycles. The molecule has 0 spiro atoms. The van der Waals surface area contributed by atoms with Crippen molar-refractivity contribution in [3.05, 3.63) is 0 Å². The number of nitrogens with two attached hydrogens (primary N) is 1. The van der Waals surface area contributed by atoms with Crippen LogP contribution in [0.1, 0.15) is 6.42 Å². The normalized spacial score (nSPS) is 13.4. The molecule has 0 saturated heterocycles. The highest BCUT2D eigenvalue weighted by Gasteiger charge is 2.24. The number of hydrogen-bond donors (Lipinski definition) is 1. The zero-order valence-corrected chi connectivity index (χ0v) is 11.8. The minimum atomic E-state index is -1.38. The summed E-state index contributed by atoms with van der Waals surface area (Å²) < 4.78 is 6.04. The SMILES string of the molecule is C[Si](C)(C)CO[Si](C)(C)CCCN. The molecule has 0 heterocycles. The maximum absolute atomic E-state index is 6.04. The summed E-state index contributed by atoms with van der Waals surface area (Å²) in [4.78, 5) is 0. The van der Waals surface area contributed by atoms with Crippen LogP contribution < -0.4 is 5.73 Å². The molecule has 0 radical (unpaired) electrons. The largest absolute Gasteiger partial charge is 0.421 e. The van der Waals surface area contributed by atoms with Gasteiger partial charge < -0.3 is 10.2 Å². The zero-order chi connectivity index (χ0) is 10.5. The van der Waals surface area contributed by atoms with Crippen LogP contribution in [0.2, 0.25) is 38.8 Å². The van der Waals surface area contributed by atoms with Crippen LogP contribution in [0.4, 0.5) is 0 Å². The van der Waals surface area contributed by atoms with E-state index in [0.717, 1.165) is 19.2 Å². The van der Waals surface area contributed by atoms with E-state index in [1.54, 1.807) is 0 Å². The minimum absolute atomic E-state index is 0.798. The molecule has 2 N–H and O–H groups in total. The van der Waals surface area contributed by atoms with Crippen LogP contribution in [0.3, 0.4) is 0 Å². The van der Waals surface area contributed by atoms with E-state index in [0.29, 0.717) is 0 Å². The van der Waals surface area contributed by atoms with E-state index in [1.165, 1.54) is 6.04 Å². The predicted molar refractivity (Wildman–Crippen MR) is 65.3 cm³/mol. The van der Waals surface area contributed by atoms with E-state index in [2.05, 4.69) is 32.7 Å². The Labute approximate surface area is 85.0 Å². The van der Waals surface area contributed by atoms with Gasteiger partial charge in [0.15, 0.2) is 8.32 Å². The van der Waals surface area contributed by atoms with Crippen molar-refractivity contribution < 1.29 is 4.43 Å². The second-order valence-electron chi connectivity index (χ2n) is 5.50. The first-order valence-electron chi connectivity index (χ1n) is 5.11. The highest BCUT2D eigenvalue weighted by atomic mass is 28.4. The van der Waals surface area contributed by atoms with Crippen LogP contribution in [0, 0.1) is 0 Å². The van der Waals surface area contributed by atoms with E-state index in [4.69, 9.17) is 10.2 Å². The molecule has 80 valence electrons. The van der Waals surface area contributed by atoms with E-state index in [1.807, 2.05) is 0 Å². The first-order valence-corrected chi connectivity index (χ1v) is 11.9. The Hall–Kier alpha value is 0.354. The van der Waals surface area contributed by atoms with Crippen LogP contribution >= 0.6 is 0 Å². The Bertz CT molecular complexity index is 143. The Morgan fingerprint density at radius 1 is 1.08 bits per heavy atom. The van der Waals surface area contributed by atoms with E-state index < -0.39 is 16.4 Å². The molecular weight excluding hydrogens is 194 g/mol. The molecule has 0 rings (SSSR count). The highest BCUT2D eigenvalue weighted by molar-refractivity contribution is 6.78. The first-order chi connectivity index (χ1) is 5.77. The summed E-state index contributed by atoms with van der Waals surface area (Å²) in [7, 11) is -2.40. The highest BCUT2D eigenvalue weighted by Crippen LogP contribution is 2.15. The summed E-state index contributed by atoms with van der Waals surface area (Å²) in [5.41, 5.74) is 5.49. The third kappa shape index (κ3) is 8.68. The van der Waals surface area contributed by atoms with Gasteiger partial charge >= 0.3 is 0 Å². The average Bonchev–Trinajstić information content (AvgIpc) is 1.97. The van der Waals surface area contributed by atoms with Gasteiger partial charge in [-0.3, -0.25) is 0 Å². The molecule has 0 aliphatic rings. The lowest BCUT2D eigenvalue weighted by Gasteiger charge is -2.27. The van der Waals surface area contributed by atoms with Gasteiger partial charge in [-0.15, -0.1) is 0 Å². The minimum Gasteiger partial charge on any atom is -0.421 e. The van der Waals surface area contributed by atoms with Crippen molar-refractivity contribution in [2.75, 3.05) is 12.8 Å². The molecule has 0 unspecified atom stereocenters. The van der Waals surface area contributed by atoms with Crippen LogP contribution in [-0.2, 0) is 4.43 Å². The summed E-state index contributed by atoms with van der Waals surface area (Å²) in [5, 5.41) is 0. The summed E-state index contributed by atoms with van der Waals surface area (Å²) in [6.45, 7) is 12.4. The lowest BCUT2D eigenvalue weighted by atomic mass is 10.5. The van der Waals surface area contributed by atoms with E-state index in [9.17, 15) is 0 Å². The molecule has 2 nitrogen and oxygen atoms in total. The quantitative estimate of drug-likeness (QED) is 0.697. The monoisotopic (exact) mass is 219 g/mol. The molecule has 0 saturated carbocycles. The molecule has 0 aromatic rings. The van der Waals surface area contributed by atoms with E-state index >= 15 is 0 Å². The fourth-order valence-corrected chi connectivity index (χ4v) is 5.51. The fraction of sp³-hybridized carbons (Fsp3) is 1.00. The van der Waals surface area contributed by atoms with Crippen molar-refractivity contribution in [3.8, 4) is 0 Å². The maximum Gasteiger partial charge on any atom is 0.186 e. The van der Waals surface area contributed by atoms with Crippen molar-refractivity contribution in [2.24, 2.45) is 5.73 Å². The second kappa shape index (κ2) is 5.29. The Morgan fingerprint density at radius 2 is 1.62 bits per heavy atom. The fourth-order valence-electron chi connectivity index (χ4n) is 1.01. The summed E-state index contributed by atoms with van der Waals surface area (Å²) in [5.74, 6) is 0. The van der Waals surface area contributed by atoms with Crippen molar-refractivity contribution in [1.82, 2.24) is 0 Å². The predicted octanol–water partition coefficient (Wildman–Crippen LogP) is 2.43. The lowest BCUT2D eigenvalue weighted by molar-refractivity contribution is 0.366. The summed E-state index contributed by atoms with van der Waals surface area (Å²) >= 11 is 0. The van der Waals surface area contributed by atoms with Gasteiger partial charge in [0.25, 0.3) is 0 Å². The van der Waals surface area contributed by atoms with Gasteiger partial charge in [-0.2, -0.15) is 0 Å². The van der Waals surface area contributed by atoms with Gasteiger partial charge in [-0.1, -0.05) is 19.6 Å². The van der Waals surface area contributed by atoms with Gasteiger partial charge in [0.05, 0.1) is 8.07 Å². The van der Waals surface area contributed by atoms with Crippen molar-refractivity contribution >= 4 is 16.4 Å². The number of hydrogen-bond acceptors (Lipinski definition) is 2. The van der Waals surface area contributed by atoms with Crippen molar-refractivity contribution in [1.29, 1.82) is 0 Å². The topological polar surface area (TPSA) is 35.2 Å². The molecule has 13 heavy (non-hydrogen) atoms. The van der Waals surface area contributed by atoms with Crippen LogP contribution in [0.5, 0.6) is 0 Å². The molecule has 0 atom stereocenters. The van der Waals surface area contributed by atoms with Crippen LogP contribution in [0.25, 0.3) is 0 Å². The van der Waals surface area contributed by atoms with Crippen molar-refractivity contribution in [3.63, 3.8) is 0 Å². The standard InChI is InChI=1S/C9H25NOSi2/c1-12(2,3)9-11-13(4,5)8-6-7-10/h6-10H2,1-5H3. The Balaban J connectivity index is 3.75. The van der Waals surface area contributed by atoms with Crippen LogP contribution in [-0.4, -0.2) is 29.2 Å². The van der Waals surface area contributed by atoms with Crippen molar-refractivity contribution in [2.45, 2.75) is 45.2 Å². The smallest absolute Gasteiger partial charge is 0.186 e. The molecule has 0 bridgehead atoms. The zero-order valence-electron chi connectivity index (χ0n) is 9.81. The Morgan fingerprint density at radius 3 is 2.00 bits per heavy atom. The first kappa shape index (κ1) is 13.4. The summed E-state index contributed by atoms with van der Waals surface area (Å²) in [6.07, 6.45) is 2.13. The van der Waals surface area contributed by atoms with E-state index in [-0.39, 0.29) is 0 Å². The molecule has 0 aliphatic heterocycles. The molecular formula is C9H25NOSi2. The third-order valence-corrected chi connectivity index (χ3v) is 5.66. The molecule has 4 heteroatoms. The molecule has 0 aromatic heterocycles. The van der Waals surface area contributed by atoms with Gasteiger partial charge in [0.1, 0.15) is 0 Å². The Kier molecular flexibility index (Phi) is 5.43. The van der Waals surface area contributed by atoms with Crippen LogP contribution in [0.15, 0.2) is 0 Å². The molecule has 0 amide bonds. The third-order valence-electron chi connectivity index (χ3n) is 1.88. The molecule has 0 aromatic carbocycles. The average molecular weight is 219 g/mol. The maximum atomic E-state index is 6.04. The van der Waals surface area contributed by atoms with Gasteiger partial charge in [0.2, 0.25) is 0 Å². The van der Waals surface area contributed by atoms with Gasteiger partial charge in [-0.25, -0.2) is 0 Å². The van der Waals surface area contributed by atoms with Gasteiger partial charge in [-0.05, 0) is 32.1 Å². The molecule has 0 fully saturated rings. The van der Waals surface area contributed by atoms with Gasteiger partial charge in [0, 0.05) is 6.23 Å². The second-order valence-corrected chi connectivity index (χ2v) is 15.2. The summed E-state index contributed by atoms with van der Waals surface area (Å²) in [6, 6.07) is 1.20.